The van der Waals surface area contributed by atoms with Gasteiger partial charge in [-0.2, -0.15) is 5.10 Å². The maximum absolute atomic E-state index is 13.0. The second-order valence-corrected chi connectivity index (χ2v) is 6.31. The number of halogens is 1. The predicted molar refractivity (Wildman–Crippen MR) is 91.5 cm³/mol. The fourth-order valence-corrected chi connectivity index (χ4v) is 2.94. The lowest BCUT2D eigenvalue weighted by Gasteiger charge is -2.16. The first kappa shape index (κ1) is 17.1. The van der Waals surface area contributed by atoms with Gasteiger partial charge in [-0.25, -0.2) is 4.39 Å². The first-order valence-electron chi connectivity index (χ1n) is 8.35. The Balaban J connectivity index is 1.46. The molecule has 1 aromatic heterocycles. The van der Waals surface area contributed by atoms with Crippen LogP contribution in [0.15, 0.2) is 36.7 Å². The lowest BCUT2D eigenvalue weighted by Crippen LogP contribution is -2.33. The van der Waals surface area contributed by atoms with E-state index in [2.05, 4.69) is 10.4 Å². The summed E-state index contributed by atoms with van der Waals surface area (Å²) in [6, 6.07) is 5.74. The van der Waals surface area contributed by atoms with E-state index in [0.29, 0.717) is 18.8 Å². The molecule has 1 fully saturated rings. The maximum Gasteiger partial charge on any atom is 0.227 e. The Bertz CT molecular complexity index is 757. The molecule has 1 aliphatic heterocycles. The number of benzene rings is 1. The minimum absolute atomic E-state index is 0.112. The summed E-state index contributed by atoms with van der Waals surface area (Å²) in [6.45, 7) is 3.59. The van der Waals surface area contributed by atoms with Gasteiger partial charge in [0.2, 0.25) is 11.8 Å². The third-order valence-corrected chi connectivity index (χ3v) is 4.26. The van der Waals surface area contributed by atoms with Gasteiger partial charge in [0.1, 0.15) is 5.82 Å². The Morgan fingerprint density at radius 3 is 2.80 bits per heavy atom. The molecule has 6 nitrogen and oxygen atoms in total. The summed E-state index contributed by atoms with van der Waals surface area (Å²) >= 11 is 0. The summed E-state index contributed by atoms with van der Waals surface area (Å²) in [4.78, 5) is 25.9. The van der Waals surface area contributed by atoms with Gasteiger partial charge in [0, 0.05) is 37.9 Å². The first-order valence-corrected chi connectivity index (χ1v) is 8.35. The quantitative estimate of drug-likeness (QED) is 0.814. The molecule has 1 saturated heterocycles. The molecular weight excluding hydrogens is 323 g/mol. The minimum Gasteiger partial charge on any atom is -0.356 e. The Labute approximate surface area is 145 Å². The largest absolute Gasteiger partial charge is 0.356 e. The molecule has 7 heteroatoms. The zero-order chi connectivity index (χ0) is 17.8. The summed E-state index contributed by atoms with van der Waals surface area (Å²) in [5, 5.41) is 7.08. The van der Waals surface area contributed by atoms with Crippen LogP contribution in [0.1, 0.15) is 18.4 Å². The van der Waals surface area contributed by atoms with Gasteiger partial charge in [0.15, 0.2) is 0 Å². The van der Waals surface area contributed by atoms with Crippen LogP contribution >= 0.6 is 0 Å². The molecule has 0 saturated carbocycles. The molecule has 0 unspecified atom stereocenters. The van der Waals surface area contributed by atoms with Crippen molar-refractivity contribution in [3.05, 3.63) is 48.0 Å². The standard InChI is InChI=1S/C18H21FN4O2/c1-13-10-21-22(11-13)8-2-7-20-18(25)14-9-17(24)23(12-14)16-5-3-15(19)4-6-16/h3-6,10-11,14H,2,7-9,12H2,1H3,(H,20,25)/t14-/m1/s1. The number of rotatable bonds is 6. The monoisotopic (exact) mass is 344 g/mol. The highest BCUT2D eigenvalue weighted by Crippen LogP contribution is 2.25. The van der Waals surface area contributed by atoms with Crippen molar-refractivity contribution < 1.29 is 14.0 Å². The fraction of sp³-hybridized carbons (Fsp3) is 0.389. The fourth-order valence-electron chi connectivity index (χ4n) is 2.94. The van der Waals surface area contributed by atoms with E-state index < -0.39 is 0 Å². The van der Waals surface area contributed by atoms with Crippen molar-refractivity contribution in [3.63, 3.8) is 0 Å². The molecule has 1 aromatic carbocycles. The van der Waals surface area contributed by atoms with Crippen molar-refractivity contribution in [1.82, 2.24) is 15.1 Å². The van der Waals surface area contributed by atoms with Gasteiger partial charge in [0.05, 0.1) is 12.1 Å². The molecule has 1 atom stereocenters. The molecule has 132 valence electrons. The third kappa shape index (κ3) is 4.23. The number of hydrogen-bond donors (Lipinski definition) is 1. The first-order chi connectivity index (χ1) is 12.0. The molecule has 2 amide bonds. The van der Waals surface area contributed by atoms with Crippen LogP contribution in [0, 0.1) is 18.7 Å². The Morgan fingerprint density at radius 1 is 1.36 bits per heavy atom. The van der Waals surface area contributed by atoms with E-state index in [0.717, 1.165) is 18.5 Å². The number of carbonyl (C=O) groups excluding carboxylic acids is 2. The minimum atomic E-state index is -0.371. The van der Waals surface area contributed by atoms with E-state index in [1.54, 1.807) is 18.3 Å². The molecule has 1 aliphatic rings. The van der Waals surface area contributed by atoms with Gasteiger partial charge in [-0.15, -0.1) is 0 Å². The van der Waals surface area contributed by atoms with E-state index in [1.165, 1.54) is 17.0 Å². The van der Waals surface area contributed by atoms with E-state index in [1.807, 2.05) is 17.8 Å². The third-order valence-electron chi connectivity index (χ3n) is 4.26. The number of hydrogen-bond acceptors (Lipinski definition) is 3. The summed E-state index contributed by atoms with van der Waals surface area (Å²) in [7, 11) is 0. The van der Waals surface area contributed by atoms with E-state index in [-0.39, 0.29) is 30.0 Å². The number of anilines is 1. The summed E-state index contributed by atoms with van der Waals surface area (Å²) in [6.07, 6.45) is 4.71. The van der Waals surface area contributed by atoms with Crippen molar-refractivity contribution in [3.8, 4) is 0 Å². The number of nitrogens with one attached hydrogen (secondary N) is 1. The van der Waals surface area contributed by atoms with Crippen molar-refractivity contribution in [2.45, 2.75) is 26.3 Å². The van der Waals surface area contributed by atoms with E-state index in [9.17, 15) is 14.0 Å². The van der Waals surface area contributed by atoms with Gasteiger partial charge in [0.25, 0.3) is 0 Å². The van der Waals surface area contributed by atoms with Crippen LogP contribution in [0.2, 0.25) is 0 Å². The normalized spacial score (nSPS) is 17.1. The molecule has 0 aliphatic carbocycles. The van der Waals surface area contributed by atoms with Crippen molar-refractivity contribution >= 4 is 17.5 Å². The SMILES string of the molecule is Cc1cnn(CCCNC(=O)[C@@H]2CC(=O)N(c3ccc(F)cc3)C2)c1. The topological polar surface area (TPSA) is 67.2 Å². The predicted octanol–water partition coefficient (Wildman–Crippen LogP) is 1.89. The van der Waals surface area contributed by atoms with Gasteiger partial charge in [-0.1, -0.05) is 0 Å². The molecule has 0 spiro atoms. The highest BCUT2D eigenvalue weighted by molar-refractivity contribution is 6.00. The summed E-state index contributed by atoms with van der Waals surface area (Å²) in [5.41, 5.74) is 1.73. The molecule has 1 N–H and O–H groups in total. The molecule has 3 rings (SSSR count). The molecule has 0 radical (unpaired) electrons. The van der Waals surface area contributed by atoms with E-state index >= 15 is 0 Å². The Hall–Kier alpha value is -2.70. The number of aromatic nitrogens is 2. The number of amides is 2. The van der Waals surface area contributed by atoms with Crippen LogP contribution in [0.25, 0.3) is 0 Å². The zero-order valence-corrected chi connectivity index (χ0v) is 14.1. The Kier molecular flexibility index (Phi) is 5.11. The average molecular weight is 344 g/mol. The molecule has 0 bridgehead atoms. The smallest absolute Gasteiger partial charge is 0.227 e. The van der Waals surface area contributed by atoms with Crippen molar-refractivity contribution in [2.75, 3.05) is 18.0 Å². The summed E-state index contributed by atoms with van der Waals surface area (Å²) < 4.78 is 14.8. The van der Waals surface area contributed by atoms with Gasteiger partial charge < -0.3 is 10.2 Å². The highest BCUT2D eigenvalue weighted by atomic mass is 19.1. The number of aryl methyl sites for hydroxylation is 2. The lowest BCUT2D eigenvalue weighted by atomic mass is 10.1. The van der Waals surface area contributed by atoms with Crippen molar-refractivity contribution in [2.24, 2.45) is 5.92 Å². The van der Waals surface area contributed by atoms with Crippen LogP contribution in [0.4, 0.5) is 10.1 Å². The lowest BCUT2D eigenvalue weighted by molar-refractivity contribution is -0.126. The van der Waals surface area contributed by atoms with Gasteiger partial charge >= 0.3 is 0 Å². The summed E-state index contributed by atoms with van der Waals surface area (Å²) in [5.74, 6) is -0.949. The molecule has 2 aromatic rings. The molecule has 25 heavy (non-hydrogen) atoms. The number of nitrogens with zero attached hydrogens (tertiary/aromatic N) is 3. The molecular formula is C18H21FN4O2. The second kappa shape index (κ2) is 7.46. The van der Waals surface area contributed by atoms with Crippen LogP contribution in [-0.4, -0.2) is 34.7 Å². The van der Waals surface area contributed by atoms with Crippen LogP contribution in [0.5, 0.6) is 0 Å². The van der Waals surface area contributed by atoms with Crippen LogP contribution < -0.4 is 10.2 Å². The van der Waals surface area contributed by atoms with Gasteiger partial charge in [-0.3, -0.25) is 14.3 Å². The van der Waals surface area contributed by atoms with Gasteiger partial charge in [-0.05, 0) is 43.2 Å². The highest BCUT2D eigenvalue weighted by Gasteiger charge is 2.34. The van der Waals surface area contributed by atoms with Crippen molar-refractivity contribution in [1.29, 1.82) is 0 Å². The molecule has 2 heterocycles. The van der Waals surface area contributed by atoms with Crippen LogP contribution in [-0.2, 0) is 16.1 Å². The van der Waals surface area contributed by atoms with Crippen LogP contribution in [0.3, 0.4) is 0 Å². The van der Waals surface area contributed by atoms with E-state index in [4.69, 9.17) is 0 Å². The average Bonchev–Trinajstić information content (AvgIpc) is 3.18. The second-order valence-electron chi connectivity index (χ2n) is 6.31. The Morgan fingerprint density at radius 2 is 2.12 bits per heavy atom. The maximum atomic E-state index is 13.0. The zero-order valence-electron chi connectivity index (χ0n) is 14.1. The number of carbonyl (C=O) groups is 2.